The van der Waals surface area contributed by atoms with Crippen LogP contribution in [0.3, 0.4) is 0 Å². The third-order valence-electron chi connectivity index (χ3n) is 7.63. The third-order valence-corrected chi connectivity index (χ3v) is 7.90. The maximum Gasteiger partial charge on any atom is 0.490 e. The number of carbonyl (C=O) groups excluding carboxylic acids is 1. The smallest absolute Gasteiger partial charge is 0.475 e. The van der Waals surface area contributed by atoms with Crippen LogP contribution in [0.5, 0.6) is 0 Å². The number of alkyl halides is 6. The van der Waals surface area contributed by atoms with Crippen molar-refractivity contribution in [2.24, 2.45) is 0 Å². The molecule has 0 radical (unpaired) electrons. The lowest BCUT2D eigenvalue weighted by atomic mass is 9.90. The van der Waals surface area contributed by atoms with Crippen molar-refractivity contribution in [3.63, 3.8) is 0 Å². The van der Waals surface area contributed by atoms with Crippen LogP contribution in [-0.2, 0) is 22.4 Å². The molecule has 5 N–H and O–H groups in total. The molecule has 2 amide bonds. The maximum atomic E-state index is 13.3. The lowest BCUT2D eigenvalue weighted by Crippen LogP contribution is -2.40. The minimum absolute atomic E-state index is 0.0623. The summed E-state index contributed by atoms with van der Waals surface area (Å²) in [6.45, 7) is 1.47. The fraction of sp³-hybridized carbons (Fsp3) is 0.273. The van der Waals surface area contributed by atoms with Crippen molar-refractivity contribution in [3.8, 4) is 0 Å². The van der Waals surface area contributed by atoms with Crippen molar-refractivity contribution >= 4 is 58.4 Å². The molecule has 2 aromatic carbocycles. The van der Waals surface area contributed by atoms with Gasteiger partial charge in [0.15, 0.2) is 5.82 Å². The molecule has 276 valence electrons. The number of piperidine rings is 1. The van der Waals surface area contributed by atoms with E-state index in [1.54, 1.807) is 12.4 Å². The number of halogens is 7. The molecule has 4 aromatic rings. The number of nitrogens with zero attached hydrogens (tertiary/aromatic N) is 4. The number of amides is 2. The Morgan fingerprint density at radius 3 is 2.08 bits per heavy atom. The molecular formula is C33H30ClF6N7O5. The molecular weight excluding hydrogens is 724 g/mol. The number of aryl methyl sites for hydroxylation is 2. The summed E-state index contributed by atoms with van der Waals surface area (Å²) >= 11 is 6.38. The monoisotopic (exact) mass is 753 g/mol. The van der Waals surface area contributed by atoms with Crippen LogP contribution in [-0.4, -0.2) is 73.5 Å². The first kappa shape index (κ1) is 39.1. The summed E-state index contributed by atoms with van der Waals surface area (Å²) in [5.74, 6) is -4.09. The van der Waals surface area contributed by atoms with E-state index in [2.05, 4.69) is 55.2 Å². The Morgan fingerprint density at radius 1 is 0.827 bits per heavy atom. The van der Waals surface area contributed by atoms with Gasteiger partial charge in [-0.1, -0.05) is 41.9 Å². The van der Waals surface area contributed by atoms with Crippen LogP contribution in [0.4, 0.5) is 60.0 Å². The Labute approximate surface area is 296 Å². The van der Waals surface area contributed by atoms with Crippen molar-refractivity contribution in [3.05, 3.63) is 94.9 Å². The first-order valence-corrected chi connectivity index (χ1v) is 15.7. The Bertz CT molecular complexity index is 1850. The number of likely N-dealkylation sites (tertiary alicyclic amines) is 1. The molecule has 12 nitrogen and oxygen atoms in total. The highest BCUT2D eigenvalue weighted by Gasteiger charge is 2.39. The average molecular weight is 754 g/mol. The van der Waals surface area contributed by atoms with Crippen molar-refractivity contribution in [2.45, 2.75) is 44.0 Å². The quantitative estimate of drug-likeness (QED) is 0.127. The van der Waals surface area contributed by atoms with Crippen molar-refractivity contribution < 1.29 is 50.9 Å². The van der Waals surface area contributed by atoms with Gasteiger partial charge in [-0.3, -0.25) is 4.98 Å². The highest BCUT2D eigenvalue weighted by Crippen LogP contribution is 2.31. The number of pyridine rings is 1. The van der Waals surface area contributed by atoms with E-state index in [0.29, 0.717) is 22.7 Å². The van der Waals surface area contributed by atoms with Gasteiger partial charge in [0.05, 0.1) is 18.1 Å². The fourth-order valence-electron chi connectivity index (χ4n) is 5.09. The lowest BCUT2D eigenvalue weighted by Gasteiger charge is -2.32. The van der Waals surface area contributed by atoms with Crippen LogP contribution in [0.15, 0.2) is 73.2 Å². The zero-order valence-electron chi connectivity index (χ0n) is 26.8. The van der Waals surface area contributed by atoms with Gasteiger partial charge in [0.1, 0.15) is 5.02 Å². The first-order valence-electron chi connectivity index (χ1n) is 15.3. The highest BCUT2D eigenvalue weighted by atomic mass is 35.5. The number of fused-ring (bicyclic) bond motifs is 6. The molecule has 1 saturated heterocycles. The molecule has 19 heteroatoms. The van der Waals surface area contributed by atoms with Crippen molar-refractivity contribution in [1.82, 2.24) is 19.9 Å². The van der Waals surface area contributed by atoms with E-state index in [0.717, 1.165) is 67.0 Å². The largest absolute Gasteiger partial charge is 0.490 e. The molecule has 2 aliphatic rings. The van der Waals surface area contributed by atoms with Crippen LogP contribution in [0, 0.1) is 0 Å². The summed E-state index contributed by atoms with van der Waals surface area (Å²) in [6, 6.07) is 18.4. The van der Waals surface area contributed by atoms with Gasteiger partial charge in [-0.15, -0.1) is 0 Å². The van der Waals surface area contributed by atoms with Gasteiger partial charge in [0.25, 0.3) is 0 Å². The fourth-order valence-corrected chi connectivity index (χ4v) is 5.23. The van der Waals surface area contributed by atoms with Gasteiger partial charge in [-0.05, 0) is 72.6 Å². The molecule has 6 bridgehead atoms. The van der Waals surface area contributed by atoms with Crippen molar-refractivity contribution in [1.29, 1.82) is 0 Å². The second-order valence-electron chi connectivity index (χ2n) is 11.3. The summed E-state index contributed by atoms with van der Waals surface area (Å²) < 4.78 is 63.5. The number of nitrogens with one attached hydrogen (secondary N) is 3. The lowest BCUT2D eigenvalue weighted by molar-refractivity contribution is -0.193. The summed E-state index contributed by atoms with van der Waals surface area (Å²) in [5.41, 5.74) is 5.88. The number of carboxylic acid groups (broad SMARTS) is 2. The Morgan fingerprint density at radius 2 is 1.46 bits per heavy atom. The van der Waals surface area contributed by atoms with Crippen LogP contribution in [0.1, 0.15) is 35.4 Å². The molecule has 2 aromatic heterocycles. The Kier molecular flexibility index (Phi) is 12.8. The third kappa shape index (κ3) is 11.4. The van der Waals surface area contributed by atoms with Gasteiger partial charge in [-0.25, -0.2) is 19.4 Å². The zero-order chi connectivity index (χ0) is 38.1. The molecule has 0 spiro atoms. The number of rotatable bonds is 2. The minimum atomic E-state index is -5.08. The number of benzene rings is 2. The number of carboxylic acids is 2. The number of hydrogen-bond acceptors (Lipinski definition) is 8. The summed E-state index contributed by atoms with van der Waals surface area (Å²) in [5, 5.41) is 24.3. The molecule has 2 aliphatic heterocycles. The normalized spacial score (nSPS) is 14.2. The predicted molar refractivity (Wildman–Crippen MR) is 178 cm³/mol. The average Bonchev–Trinajstić information content (AvgIpc) is 3.10. The van der Waals surface area contributed by atoms with E-state index >= 15 is 0 Å². The van der Waals surface area contributed by atoms with Gasteiger partial charge in [0.2, 0.25) is 5.95 Å². The van der Waals surface area contributed by atoms with Crippen LogP contribution < -0.4 is 16.0 Å². The van der Waals surface area contributed by atoms with Gasteiger partial charge >= 0.3 is 30.3 Å². The molecule has 0 saturated carbocycles. The van der Waals surface area contributed by atoms with Gasteiger partial charge in [0, 0.05) is 30.7 Å². The number of carbonyl (C=O) groups is 3. The standard InChI is InChI=1S/C29H28ClN7O.2C2HF3O2/c30-25-18-32-28-34-24-14-19(16-31-17-24)6-7-22-15-23(33-27(25)36-28)8-9-26(22)35-29(38)37-12-10-21(11-13-37)20-4-2-1-3-5-20;2*3-2(4,5)1(6)7/h1-5,8-9,14-18,21H,6-7,10-13H2,(H,35,38)(H2,32,33,34,36);2*(H,6,7). The molecule has 1 fully saturated rings. The molecule has 0 unspecified atom stereocenters. The molecule has 0 aliphatic carbocycles. The molecule has 0 atom stereocenters. The predicted octanol–water partition coefficient (Wildman–Crippen LogP) is 7.79. The minimum Gasteiger partial charge on any atom is -0.475 e. The number of anilines is 5. The number of aromatic nitrogens is 3. The molecule has 52 heavy (non-hydrogen) atoms. The summed E-state index contributed by atoms with van der Waals surface area (Å²) in [4.78, 5) is 46.1. The topological polar surface area (TPSA) is 170 Å². The molecule has 4 heterocycles. The van der Waals surface area contributed by atoms with Crippen LogP contribution in [0.25, 0.3) is 0 Å². The van der Waals surface area contributed by atoms with E-state index in [9.17, 15) is 31.1 Å². The molecule has 6 rings (SSSR count). The van der Waals surface area contributed by atoms with E-state index in [4.69, 9.17) is 31.4 Å². The zero-order valence-corrected chi connectivity index (χ0v) is 27.6. The van der Waals surface area contributed by atoms with Gasteiger partial charge < -0.3 is 31.1 Å². The summed E-state index contributed by atoms with van der Waals surface area (Å²) in [7, 11) is 0. The Hall–Kier alpha value is -5.65. The number of aliphatic carboxylic acids is 2. The van der Waals surface area contributed by atoms with Crippen LogP contribution in [0.2, 0.25) is 5.02 Å². The Balaban J connectivity index is 0.000000367. The van der Waals surface area contributed by atoms with Crippen LogP contribution >= 0.6 is 11.6 Å². The van der Waals surface area contributed by atoms with E-state index < -0.39 is 24.3 Å². The number of urea groups is 1. The van der Waals surface area contributed by atoms with Gasteiger partial charge in [-0.2, -0.15) is 31.3 Å². The van der Waals surface area contributed by atoms with Crippen molar-refractivity contribution in [2.75, 3.05) is 29.0 Å². The van der Waals surface area contributed by atoms with E-state index in [1.165, 1.54) is 5.56 Å². The number of hydrogen-bond donors (Lipinski definition) is 5. The maximum absolute atomic E-state index is 13.3. The highest BCUT2D eigenvalue weighted by molar-refractivity contribution is 6.32. The SMILES string of the molecule is O=C(Nc1ccc2cc1CCc1cncc(c1)Nc1ncc(Cl)c(n1)N2)N1CCC(c2ccccc2)CC1.O=C(O)C(F)(F)F.O=C(O)C(F)(F)F. The first-order chi connectivity index (χ1) is 24.5. The van der Waals surface area contributed by atoms with E-state index in [1.807, 2.05) is 41.4 Å². The summed E-state index contributed by atoms with van der Waals surface area (Å²) in [6.07, 6.45) is -1.60. The second-order valence-corrected chi connectivity index (χ2v) is 11.7. The second kappa shape index (κ2) is 17.0. The van der Waals surface area contributed by atoms with E-state index in [-0.39, 0.29) is 6.03 Å².